The summed E-state index contributed by atoms with van der Waals surface area (Å²) in [6, 6.07) is -2.02. The molecule has 10 atom stereocenters. The lowest BCUT2D eigenvalue weighted by molar-refractivity contribution is -0.154. The number of piperidine rings is 1. The van der Waals surface area contributed by atoms with E-state index in [-0.39, 0.29) is 65.9 Å². The fourth-order valence-electron chi connectivity index (χ4n) is 8.23. The second-order valence-corrected chi connectivity index (χ2v) is 13.9. The molecule has 2 aliphatic heterocycles. The first kappa shape index (κ1) is 37.7. The van der Waals surface area contributed by atoms with Crippen LogP contribution in [-0.4, -0.2) is 122 Å². The molecule has 262 valence electrons. The number of carbonyl (C=O) groups is 5. The molecule has 1 N–H and O–H groups in total. The summed E-state index contributed by atoms with van der Waals surface area (Å²) in [5.74, 6) is -1.84. The first-order valence-electron chi connectivity index (χ1n) is 17.0. The van der Waals surface area contributed by atoms with Gasteiger partial charge in [0.15, 0.2) is 0 Å². The predicted molar refractivity (Wildman–Crippen MR) is 172 cm³/mol. The van der Waals surface area contributed by atoms with Crippen LogP contribution in [0, 0.1) is 23.7 Å². The maximum absolute atomic E-state index is 14.2. The average Bonchev–Trinajstić information content (AvgIpc) is 3.79. The molecule has 3 aliphatic rings. The highest BCUT2D eigenvalue weighted by Crippen LogP contribution is 2.42. The van der Waals surface area contributed by atoms with Crippen molar-refractivity contribution >= 4 is 29.6 Å². The molecule has 2 saturated heterocycles. The maximum Gasteiger partial charge on any atom is 0.311 e. The molecule has 4 amide bonds. The lowest BCUT2D eigenvalue weighted by Gasteiger charge is -2.41. The van der Waals surface area contributed by atoms with E-state index in [1.54, 1.807) is 42.9 Å². The van der Waals surface area contributed by atoms with Crippen LogP contribution in [0.3, 0.4) is 0 Å². The lowest BCUT2D eigenvalue weighted by Crippen LogP contribution is -2.60. The number of nitrogens with one attached hydrogen (secondary N) is 1. The van der Waals surface area contributed by atoms with Gasteiger partial charge in [0.25, 0.3) is 0 Å². The van der Waals surface area contributed by atoms with E-state index in [0.717, 1.165) is 32.1 Å². The largest absolute Gasteiger partial charge is 0.469 e. The number of ether oxygens (including phenoxy) is 3. The van der Waals surface area contributed by atoms with Gasteiger partial charge in [-0.1, -0.05) is 34.1 Å². The van der Waals surface area contributed by atoms with Crippen molar-refractivity contribution < 1.29 is 38.2 Å². The molecular weight excluding hydrogens is 592 g/mol. The van der Waals surface area contributed by atoms with E-state index in [4.69, 9.17) is 14.2 Å². The molecule has 0 aromatic heterocycles. The number of hydrogen-bond donors (Lipinski definition) is 1. The molecule has 0 spiro atoms. The molecule has 1 aliphatic carbocycles. The van der Waals surface area contributed by atoms with E-state index in [0.29, 0.717) is 13.0 Å². The number of likely N-dealkylation sites (tertiary alicyclic amines) is 2. The highest BCUT2D eigenvalue weighted by atomic mass is 16.5. The summed E-state index contributed by atoms with van der Waals surface area (Å²) >= 11 is 0. The molecule has 3 rings (SSSR count). The molecule has 2 bridgehead atoms. The Morgan fingerprint density at radius 1 is 0.978 bits per heavy atom. The van der Waals surface area contributed by atoms with Crippen LogP contribution in [0.1, 0.15) is 86.5 Å². The zero-order valence-electron chi connectivity index (χ0n) is 29.6. The van der Waals surface area contributed by atoms with Crippen LogP contribution in [0.25, 0.3) is 0 Å². The summed E-state index contributed by atoms with van der Waals surface area (Å²) in [6.07, 6.45) is 3.77. The van der Waals surface area contributed by atoms with E-state index in [2.05, 4.69) is 5.32 Å². The quantitative estimate of drug-likeness (QED) is 0.268. The van der Waals surface area contributed by atoms with Crippen molar-refractivity contribution in [3.63, 3.8) is 0 Å². The van der Waals surface area contributed by atoms with Gasteiger partial charge in [-0.05, 0) is 56.8 Å². The molecular formula is C34H58N4O8. The third kappa shape index (κ3) is 7.86. The van der Waals surface area contributed by atoms with Gasteiger partial charge in [0.2, 0.25) is 23.6 Å². The highest BCUT2D eigenvalue weighted by Gasteiger charge is 2.51. The first-order chi connectivity index (χ1) is 21.7. The molecule has 2 unspecified atom stereocenters. The Morgan fingerprint density at radius 3 is 2.20 bits per heavy atom. The standard InChI is InChI=1S/C34H58N4O8/c1-11-20(4)29(26(44-8)18-27(40)37-16-12-13-25(37)31(45-9)21(5)34(43)46-10)36(7)33(42)28(19(2)3)35-32(41)30-23-14-15-24(17-23)38(30)22(6)39/h19-21,23-26,28-31H,11-18H2,1-10H3,(H,35,41)/t20-,21+,23-,24+,25?,26+,28?,29-,30-,31+/m0/s1. The summed E-state index contributed by atoms with van der Waals surface area (Å²) in [5, 5.41) is 3.02. The highest BCUT2D eigenvalue weighted by molar-refractivity contribution is 5.93. The number of fused-ring (bicyclic) bond motifs is 2. The Morgan fingerprint density at radius 2 is 1.65 bits per heavy atom. The van der Waals surface area contributed by atoms with E-state index in [1.165, 1.54) is 14.0 Å². The number of esters is 1. The van der Waals surface area contributed by atoms with E-state index >= 15 is 0 Å². The Balaban J connectivity index is 1.79. The number of hydrogen-bond acceptors (Lipinski definition) is 8. The third-order valence-corrected chi connectivity index (χ3v) is 10.9. The van der Waals surface area contributed by atoms with Crippen molar-refractivity contribution in [3.8, 4) is 0 Å². The van der Waals surface area contributed by atoms with Gasteiger partial charge >= 0.3 is 5.97 Å². The Bertz CT molecular complexity index is 1100. The zero-order valence-corrected chi connectivity index (χ0v) is 29.6. The predicted octanol–water partition coefficient (Wildman–Crippen LogP) is 2.62. The number of amides is 4. The Hall–Kier alpha value is -2.73. The fraction of sp³-hybridized carbons (Fsp3) is 0.853. The SMILES string of the molecule is CC[C@H](C)[C@@H]([C@@H](CC(=O)N1CCCC1[C@H](OC)[C@@H](C)C(=O)OC)OC)N(C)C(=O)C(NC(=O)[C@@H]1[C@H]2CC[C@H](C2)N1C(C)=O)C(C)C. The third-order valence-electron chi connectivity index (χ3n) is 10.9. The zero-order chi connectivity index (χ0) is 34.5. The van der Waals surface area contributed by atoms with Crippen molar-refractivity contribution in [1.82, 2.24) is 20.0 Å². The van der Waals surface area contributed by atoms with Crippen LogP contribution >= 0.6 is 0 Å². The van der Waals surface area contributed by atoms with Crippen molar-refractivity contribution in [2.45, 2.75) is 129 Å². The number of nitrogens with zero attached hydrogens (tertiary/aromatic N) is 3. The van der Waals surface area contributed by atoms with Crippen molar-refractivity contribution in [2.75, 3.05) is 34.9 Å². The van der Waals surface area contributed by atoms with Crippen LogP contribution in [0.2, 0.25) is 0 Å². The molecule has 0 aromatic carbocycles. The van der Waals surface area contributed by atoms with Crippen molar-refractivity contribution in [1.29, 1.82) is 0 Å². The van der Waals surface area contributed by atoms with Gasteiger partial charge in [-0.3, -0.25) is 24.0 Å². The minimum absolute atomic E-state index is 0.0190. The number of rotatable bonds is 15. The van der Waals surface area contributed by atoms with Gasteiger partial charge in [0.1, 0.15) is 12.1 Å². The minimum Gasteiger partial charge on any atom is -0.469 e. The summed E-state index contributed by atoms with van der Waals surface area (Å²) in [7, 11) is 6.15. The van der Waals surface area contributed by atoms with Gasteiger partial charge in [0.05, 0.1) is 43.7 Å². The lowest BCUT2D eigenvalue weighted by atomic mass is 9.89. The normalized spacial score (nSPS) is 26.3. The maximum atomic E-state index is 14.2. The minimum atomic E-state index is -0.810. The van der Waals surface area contributed by atoms with E-state index < -0.39 is 36.3 Å². The number of likely N-dealkylation sites (N-methyl/N-ethyl adjacent to an activating group) is 1. The van der Waals surface area contributed by atoms with Crippen molar-refractivity contribution in [3.05, 3.63) is 0 Å². The average molecular weight is 651 g/mol. The molecule has 2 heterocycles. The smallest absolute Gasteiger partial charge is 0.311 e. The molecule has 12 nitrogen and oxygen atoms in total. The molecule has 3 fully saturated rings. The summed E-state index contributed by atoms with van der Waals surface area (Å²) in [6.45, 7) is 11.6. The van der Waals surface area contributed by atoms with Crippen LogP contribution in [0.4, 0.5) is 0 Å². The first-order valence-corrected chi connectivity index (χ1v) is 17.0. The monoisotopic (exact) mass is 650 g/mol. The van der Waals surface area contributed by atoms with E-state index in [1.807, 2.05) is 27.7 Å². The molecule has 0 aromatic rings. The molecule has 12 heteroatoms. The fourth-order valence-corrected chi connectivity index (χ4v) is 8.23. The van der Waals surface area contributed by atoms with Crippen molar-refractivity contribution in [2.24, 2.45) is 23.7 Å². The van der Waals surface area contributed by atoms with Crippen LogP contribution in [-0.2, 0) is 38.2 Å². The summed E-state index contributed by atoms with van der Waals surface area (Å²) in [4.78, 5) is 71.6. The second kappa shape index (κ2) is 16.4. The van der Waals surface area contributed by atoms with Gasteiger partial charge < -0.3 is 34.2 Å². The van der Waals surface area contributed by atoms with Gasteiger partial charge in [-0.15, -0.1) is 0 Å². The van der Waals surface area contributed by atoms with Gasteiger partial charge in [-0.2, -0.15) is 0 Å². The van der Waals surface area contributed by atoms with Gasteiger partial charge in [-0.25, -0.2) is 0 Å². The Kier molecular flexibility index (Phi) is 13.4. The van der Waals surface area contributed by atoms with Gasteiger partial charge in [0, 0.05) is 40.8 Å². The van der Waals surface area contributed by atoms with Crippen LogP contribution in [0.15, 0.2) is 0 Å². The molecule has 1 saturated carbocycles. The number of carbonyl (C=O) groups excluding carboxylic acids is 5. The summed E-state index contributed by atoms with van der Waals surface area (Å²) < 4.78 is 16.6. The van der Waals surface area contributed by atoms with Crippen LogP contribution < -0.4 is 5.32 Å². The molecule has 46 heavy (non-hydrogen) atoms. The number of methoxy groups -OCH3 is 3. The Labute approximate surface area is 275 Å². The van der Waals surface area contributed by atoms with E-state index in [9.17, 15) is 24.0 Å². The second-order valence-electron chi connectivity index (χ2n) is 13.9. The topological polar surface area (TPSA) is 135 Å². The van der Waals surface area contributed by atoms with Crippen LogP contribution in [0.5, 0.6) is 0 Å². The summed E-state index contributed by atoms with van der Waals surface area (Å²) in [5.41, 5.74) is 0. The molecule has 0 radical (unpaired) electrons.